The van der Waals surface area contributed by atoms with E-state index in [0.29, 0.717) is 5.56 Å². The van der Waals surface area contributed by atoms with Gasteiger partial charge in [-0.05, 0) is 75.3 Å². The number of nitriles is 1. The van der Waals surface area contributed by atoms with Crippen LogP contribution in [0.1, 0.15) is 5.56 Å². The van der Waals surface area contributed by atoms with Crippen LogP contribution in [-0.2, 0) is 0 Å². The summed E-state index contributed by atoms with van der Waals surface area (Å²) in [5.41, 5.74) is 9.67. The van der Waals surface area contributed by atoms with Gasteiger partial charge in [-0.15, -0.1) is 22.7 Å². The van der Waals surface area contributed by atoms with Crippen molar-refractivity contribution < 1.29 is 0 Å². The van der Waals surface area contributed by atoms with Crippen LogP contribution in [0.15, 0.2) is 152 Å². The first-order valence-corrected chi connectivity index (χ1v) is 16.9. The molecule has 2 aromatic heterocycles. The maximum absolute atomic E-state index is 10.2. The van der Waals surface area contributed by atoms with Crippen molar-refractivity contribution in [3.63, 3.8) is 0 Å². The van der Waals surface area contributed by atoms with Crippen LogP contribution < -0.4 is 0 Å². The minimum atomic E-state index is 0.650. The van der Waals surface area contributed by atoms with Gasteiger partial charge in [0.25, 0.3) is 0 Å². The monoisotopic (exact) mass is 619 g/mol. The molecule has 0 bridgehead atoms. The van der Waals surface area contributed by atoms with Gasteiger partial charge in [0.15, 0.2) is 0 Å². The summed E-state index contributed by atoms with van der Waals surface area (Å²) in [6.45, 7) is 0. The van der Waals surface area contributed by atoms with E-state index in [1.807, 2.05) is 34.8 Å². The van der Waals surface area contributed by atoms with E-state index in [0.717, 1.165) is 27.8 Å². The summed E-state index contributed by atoms with van der Waals surface area (Å²) in [4.78, 5) is 0. The summed E-state index contributed by atoms with van der Waals surface area (Å²) in [5.74, 6) is 0. The van der Waals surface area contributed by atoms with E-state index in [2.05, 4.69) is 146 Å². The Bertz CT molecular complexity index is 2650. The first-order valence-electron chi connectivity index (χ1n) is 15.3. The van der Waals surface area contributed by atoms with Gasteiger partial charge in [-0.25, -0.2) is 0 Å². The van der Waals surface area contributed by atoms with Crippen molar-refractivity contribution in [2.75, 3.05) is 0 Å². The Morgan fingerprint density at radius 1 is 0.391 bits per heavy atom. The molecule has 9 aromatic rings. The zero-order chi connectivity index (χ0) is 30.6. The van der Waals surface area contributed by atoms with E-state index in [1.54, 1.807) is 0 Å². The summed E-state index contributed by atoms with van der Waals surface area (Å²) in [6, 6.07) is 56.6. The van der Waals surface area contributed by atoms with Gasteiger partial charge < -0.3 is 0 Å². The van der Waals surface area contributed by atoms with Crippen molar-refractivity contribution in [3.05, 3.63) is 157 Å². The second-order valence-electron chi connectivity index (χ2n) is 11.6. The maximum atomic E-state index is 10.2. The topological polar surface area (TPSA) is 23.8 Å². The Kier molecular flexibility index (Phi) is 6.31. The Hall–Kier alpha value is -5.53. The number of benzene rings is 7. The number of thiophene rings is 2. The lowest BCUT2D eigenvalue weighted by Crippen LogP contribution is -1.93. The lowest BCUT2D eigenvalue weighted by Gasteiger charge is -2.18. The third kappa shape index (κ3) is 4.35. The molecule has 0 atom stereocenters. The van der Waals surface area contributed by atoms with Crippen molar-refractivity contribution in [1.82, 2.24) is 0 Å². The molecule has 0 aliphatic rings. The second-order valence-corrected chi connectivity index (χ2v) is 13.7. The van der Waals surface area contributed by atoms with Crippen molar-refractivity contribution in [2.24, 2.45) is 0 Å². The minimum absolute atomic E-state index is 0.650. The van der Waals surface area contributed by atoms with E-state index >= 15 is 0 Å². The molecule has 0 N–H and O–H groups in total. The van der Waals surface area contributed by atoms with Gasteiger partial charge in [0.05, 0.1) is 11.6 Å². The van der Waals surface area contributed by atoms with Gasteiger partial charge in [0.2, 0.25) is 0 Å². The predicted molar refractivity (Wildman–Crippen MR) is 199 cm³/mol. The lowest BCUT2D eigenvalue weighted by molar-refractivity contribution is 1.48. The standard InChI is InChI=1S/C43H25NS2/c44-26-27-22-30(28-10-2-1-3-11-28)24-31(23-27)42-32(29-20-21-35-33-12-4-6-18-39(33)45-41(35)25-29)14-8-15-36(42)38-17-9-16-37-34-13-5-7-19-40(34)46-43(37)38/h1-25H. The van der Waals surface area contributed by atoms with Gasteiger partial charge in [-0.1, -0.05) is 115 Å². The molecule has 0 fully saturated rings. The molecule has 7 aromatic carbocycles. The van der Waals surface area contributed by atoms with Gasteiger partial charge >= 0.3 is 0 Å². The van der Waals surface area contributed by atoms with E-state index in [1.165, 1.54) is 57.0 Å². The summed E-state index contributed by atoms with van der Waals surface area (Å²) in [5, 5.41) is 15.4. The van der Waals surface area contributed by atoms with E-state index in [4.69, 9.17) is 0 Å². The fraction of sp³-hybridized carbons (Fsp3) is 0. The Morgan fingerprint density at radius 3 is 1.85 bits per heavy atom. The number of hydrogen-bond acceptors (Lipinski definition) is 3. The SMILES string of the molecule is N#Cc1cc(-c2ccccc2)cc(-c2c(-c3ccc4c(c3)sc3ccccc34)cccc2-c2cccc3c2sc2ccccc23)c1. The first kappa shape index (κ1) is 26.8. The Balaban J connectivity index is 1.36. The molecule has 0 saturated heterocycles. The number of rotatable bonds is 4. The van der Waals surface area contributed by atoms with E-state index < -0.39 is 0 Å². The molecule has 1 nitrogen and oxygen atoms in total. The molecular formula is C43H25NS2. The van der Waals surface area contributed by atoms with Crippen LogP contribution in [0.2, 0.25) is 0 Å². The van der Waals surface area contributed by atoms with E-state index in [9.17, 15) is 5.26 Å². The van der Waals surface area contributed by atoms with Crippen molar-refractivity contribution in [3.8, 4) is 50.6 Å². The fourth-order valence-corrected chi connectivity index (χ4v) is 9.19. The smallest absolute Gasteiger partial charge is 0.0992 e. The third-order valence-corrected chi connectivity index (χ3v) is 11.3. The molecule has 0 amide bonds. The lowest BCUT2D eigenvalue weighted by atomic mass is 9.85. The molecule has 0 radical (unpaired) electrons. The first-order chi connectivity index (χ1) is 22.7. The largest absolute Gasteiger partial charge is 0.192 e. The quantitative estimate of drug-likeness (QED) is 0.192. The number of nitrogens with zero attached hydrogens (tertiary/aromatic N) is 1. The molecule has 0 unspecified atom stereocenters. The summed E-state index contributed by atoms with van der Waals surface area (Å²) in [7, 11) is 0. The van der Waals surface area contributed by atoms with Gasteiger partial charge in [-0.2, -0.15) is 5.26 Å². The normalized spacial score (nSPS) is 11.5. The Labute approximate surface area is 274 Å². The molecule has 0 spiro atoms. The zero-order valence-electron chi connectivity index (χ0n) is 24.7. The van der Waals surface area contributed by atoms with Crippen LogP contribution in [0.4, 0.5) is 0 Å². The summed E-state index contributed by atoms with van der Waals surface area (Å²) in [6.07, 6.45) is 0. The molecule has 46 heavy (non-hydrogen) atoms. The van der Waals surface area contributed by atoms with Crippen LogP contribution in [0, 0.1) is 11.3 Å². The van der Waals surface area contributed by atoms with Gasteiger partial charge in [0, 0.05) is 45.9 Å². The second kappa shape index (κ2) is 10.8. The summed E-state index contributed by atoms with van der Waals surface area (Å²) >= 11 is 3.69. The predicted octanol–water partition coefficient (Wildman–Crippen LogP) is 13.0. The highest BCUT2D eigenvalue weighted by atomic mass is 32.1. The Morgan fingerprint density at radius 2 is 1.02 bits per heavy atom. The van der Waals surface area contributed by atoms with Crippen LogP contribution in [0.25, 0.3) is 84.9 Å². The van der Waals surface area contributed by atoms with Gasteiger partial charge in [-0.3, -0.25) is 0 Å². The average Bonchev–Trinajstić information content (AvgIpc) is 3.69. The van der Waals surface area contributed by atoms with Crippen molar-refractivity contribution in [1.29, 1.82) is 5.26 Å². The average molecular weight is 620 g/mol. The van der Waals surface area contributed by atoms with Crippen molar-refractivity contribution in [2.45, 2.75) is 0 Å². The molecule has 0 aliphatic carbocycles. The van der Waals surface area contributed by atoms with Crippen LogP contribution in [-0.4, -0.2) is 0 Å². The molecule has 9 rings (SSSR count). The van der Waals surface area contributed by atoms with Crippen LogP contribution in [0.3, 0.4) is 0 Å². The highest BCUT2D eigenvalue weighted by Crippen LogP contribution is 2.47. The molecule has 214 valence electrons. The minimum Gasteiger partial charge on any atom is -0.192 e. The van der Waals surface area contributed by atoms with Crippen molar-refractivity contribution >= 4 is 63.0 Å². The van der Waals surface area contributed by atoms with Crippen LogP contribution in [0.5, 0.6) is 0 Å². The highest BCUT2D eigenvalue weighted by Gasteiger charge is 2.19. The highest BCUT2D eigenvalue weighted by molar-refractivity contribution is 7.26. The molecular weight excluding hydrogens is 595 g/mol. The van der Waals surface area contributed by atoms with E-state index in [-0.39, 0.29) is 0 Å². The maximum Gasteiger partial charge on any atom is 0.0992 e. The zero-order valence-corrected chi connectivity index (χ0v) is 26.3. The number of fused-ring (bicyclic) bond motifs is 6. The molecule has 0 aliphatic heterocycles. The molecule has 2 heterocycles. The summed E-state index contributed by atoms with van der Waals surface area (Å²) < 4.78 is 5.14. The molecule has 3 heteroatoms. The molecule has 0 saturated carbocycles. The van der Waals surface area contributed by atoms with Gasteiger partial charge in [0.1, 0.15) is 0 Å². The third-order valence-electron chi connectivity index (χ3n) is 8.91. The van der Waals surface area contributed by atoms with Crippen LogP contribution >= 0.6 is 22.7 Å². The number of hydrogen-bond donors (Lipinski definition) is 0. The fourth-order valence-electron chi connectivity index (χ4n) is 6.81.